The van der Waals surface area contributed by atoms with Crippen LogP contribution in [0.3, 0.4) is 0 Å². The molecule has 1 aromatic rings. The standard InChI is InChI=1S/C16H20FN3O3/c1-11(21)18-9-13-10-20(16(22)23-13)12-4-5-15(14(17)8-12)19-6-2-3-7-19/h4-5,8,13H,2-3,6-7,9-10H2,1H3,(H,18,21). The highest BCUT2D eigenvalue weighted by Crippen LogP contribution is 2.29. The zero-order chi connectivity index (χ0) is 16.4. The topological polar surface area (TPSA) is 61.9 Å². The van der Waals surface area contributed by atoms with E-state index in [0.29, 0.717) is 17.9 Å². The lowest BCUT2D eigenvalue weighted by Gasteiger charge is -2.20. The lowest BCUT2D eigenvalue weighted by Crippen LogP contribution is -2.33. The molecule has 0 radical (unpaired) electrons. The average molecular weight is 321 g/mol. The largest absolute Gasteiger partial charge is 0.442 e. The van der Waals surface area contributed by atoms with Gasteiger partial charge < -0.3 is 15.0 Å². The summed E-state index contributed by atoms with van der Waals surface area (Å²) in [6.07, 6.45) is 1.20. The van der Waals surface area contributed by atoms with Gasteiger partial charge >= 0.3 is 6.09 Å². The van der Waals surface area contributed by atoms with Crippen LogP contribution in [0.1, 0.15) is 19.8 Å². The maximum Gasteiger partial charge on any atom is 0.414 e. The molecule has 0 aromatic heterocycles. The molecule has 2 aliphatic heterocycles. The summed E-state index contributed by atoms with van der Waals surface area (Å²) in [5.41, 5.74) is 1.05. The van der Waals surface area contributed by atoms with Gasteiger partial charge in [0.25, 0.3) is 0 Å². The van der Waals surface area contributed by atoms with Crippen molar-refractivity contribution < 1.29 is 18.7 Å². The van der Waals surface area contributed by atoms with Crippen molar-refractivity contribution in [3.8, 4) is 0 Å². The number of hydrogen-bond acceptors (Lipinski definition) is 4. The third kappa shape index (κ3) is 3.38. The maximum absolute atomic E-state index is 14.4. The molecule has 7 heteroatoms. The van der Waals surface area contributed by atoms with Gasteiger partial charge in [0.1, 0.15) is 11.9 Å². The minimum atomic E-state index is -0.520. The van der Waals surface area contributed by atoms with Crippen LogP contribution in [-0.2, 0) is 9.53 Å². The summed E-state index contributed by atoms with van der Waals surface area (Å²) in [4.78, 5) is 26.3. The SMILES string of the molecule is CC(=O)NCC1CN(c2ccc(N3CCCC3)c(F)c2)C(=O)O1. The van der Waals surface area contributed by atoms with Crippen molar-refractivity contribution in [1.29, 1.82) is 0 Å². The zero-order valence-electron chi connectivity index (χ0n) is 13.0. The van der Waals surface area contributed by atoms with Crippen molar-refractivity contribution in [2.24, 2.45) is 0 Å². The molecule has 3 rings (SSSR count). The van der Waals surface area contributed by atoms with Gasteiger partial charge in [-0.15, -0.1) is 0 Å². The number of anilines is 2. The van der Waals surface area contributed by atoms with Crippen LogP contribution in [0.4, 0.5) is 20.6 Å². The highest BCUT2D eigenvalue weighted by atomic mass is 19.1. The molecule has 2 aliphatic rings. The number of amides is 2. The van der Waals surface area contributed by atoms with E-state index in [1.54, 1.807) is 12.1 Å². The number of nitrogens with zero attached hydrogens (tertiary/aromatic N) is 2. The van der Waals surface area contributed by atoms with E-state index >= 15 is 0 Å². The second kappa shape index (κ2) is 6.44. The van der Waals surface area contributed by atoms with E-state index in [4.69, 9.17) is 4.74 Å². The van der Waals surface area contributed by atoms with E-state index in [2.05, 4.69) is 5.32 Å². The van der Waals surface area contributed by atoms with E-state index in [0.717, 1.165) is 25.9 Å². The van der Waals surface area contributed by atoms with E-state index in [9.17, 15) is 14.0 Å². The van der Waals surface area contributed by atoms with Crippen LogP contribution in [0, 0.1) is 5.82 Å². The molecular formula is C16H20FN3O3. The molecule has 0 spiro atoms. The summed E-state index contributed by atoms with van der Waals surface area (Å²) in [5.74, 6) is -0.511. The molecule has 1 aromatic carbocycles. The summed E-state index contributed by atoms with van der Waals surface area (Å²) in [7, 11) is 0. The van der Waals surface area contributed by atoms with Crippen LogP contribution in [0.25, 0.3) is 0 Å². The third-order valence-electron chi connectivity index (χ3n) is 4.14. The average Bonchev–Trinajstić information content (AvgIpc) is 3.14. The minimum absolute atomic E-state index is 0.180. The molecule has 0 aliphatic carbocycles. The smallest absolute Gasteiger partial charge is 0.414 e. The van der Waals surface area contributed by atoms with Gasteiger partial charge in [-0.1, -0.05) is 0 Å². The summed E-state index contributed by atoms with van der Waals surface area (Å²) in [6.45, 7) is 3.68. The van der Waals surface area contributed by atoms with Crippen molar-refractivity contribution in [2.45, 2.75) is 25.9 Å². The van der Waals surface area contributed by atoms with Crippen molar-refractivity contribution >= 4 is 23.4 Å². The number of cyclic esters (lactones) is 1. The van der Waals surface area contributed by atoms with Gasteiger partial charge in [0.2, 0.25) is 5.91 Å². The molecule has 2 fully saturated rings. The first kappa shape index (κ1) is 15.6. The van der Waals surface area contributed by atoms with Gasteiger partial charge in [-0.25, -0.2) is 9.18 Å². The first-order valence-electron chi connectivity index (χ1n) is 7.81. The number of halogens is 1. The Kier molecular flexibility index (Phi) is 4.36. The van der Waals surface area contributed by atoms with E-state index in [-0.39, 0.29) is 18.3 Å². The normalized spacial score (nSPS) is 20.8. The fourth-order valence-electron chi connectivity index (χ4n) is 2.97. The Bertz CT molecular complexity index is 617. The molecule has 1 atom stereocenters. The predicted octanol–water partition coefficient (Wildman–Crippen LogP) is 1.89. The van der Waals surface area contributed by atoms with Gasteiger partial charge in [-0.05, 0) is 31.0 Å². The Hall–Kier alpha value is -2.31. The Morgan fingerprint density at radius 2 is 2.13 bits per heavy atom. The van der Waals surface area contributed by atoms with Gasteiger partial charge in [-0.2, -0.15) is 0 Å². The van der Waals surface area contributed by atoms with Crippen LogP contribution in [-0.4, -0.2) is 44.3 Å². The monoisotopic (exact) mass is 321 g/mol. The highest BCUT2D eigenvalue weighted by molar-refractivity contribution is 5.90. The van der Waals surface area contributed by atoms with Gasteiger partial charge in [-0.3, -0.25) is 9.69 Å². The predicted molar refractivity (Wildman–Crippen MR) is 84.1 cm³/mol. The van der Waals surface area contributed by atoms with E-state index < -0.39 is 12.2 Å². The number of carbonyl (C=O) groups excluding carboxylic acids is 2. The van der Waals surface area contributed by atoms with Crippen LogP contribution >= 0.6 is 0 Å². The van der Waals surface area contributed by atoms with Crippen molar-refractivity contribution in [2.75, 3.05) is 36.0 Å². The highest BCUT2D eigenvalue weighted by Gasteiger charge is 2.33. The first-order valence-corrected chi connectivity index (χ1v) is 7.81. The van der Waals surface area contributed by atoms with Gasteiger partial charge in [0, 0.05) is 20.0 Å². The zero-order valence-corrected chi connectivity index (χ0v) is 13.0. The number of carbonyl (C=O) groups is 2. The maximum atomic E-state index is 14.4. The molecule has 1 N–H and O–H groups in total. The summed E-state index contributed by atoms with van der Waals surface area (Å²) in [5, 5.41) is 2.61. The molecule has 23 heavy (non-hydrogen) atoms. The van der Waals surface area contributed by atoms with Crippen LogP contribution in [0.5, 0.6) is 0 Å². The minimum Gasteiger partial charge on any atom is -0.442 e. The molecule has 0 saturated carbocycles. The molecule has 2 amide bonds. The van der Waals surface area contributed by atoms with Crippen molar-refractivity contribution in [1.82, 2.24) is 5.32 Å². The Balaban J connectivity index is 1.70. The Morgan fingerprint density at radius 1 is 1.39 bits per heavy atom. The van der Waals surface area contributed by atoms with Crippen molar-refractivity contribution in [3.63, 3.8) is 0 Å². The van der Waals surface area contributed by atoms with Gasteiger partial charge in [0.05, 0.1) is 24.5 Å². The molecule has 124 valence electrons. The first-order chi connectivity index (χ1) is 11.0. The molecule has 6 nitrogen and oxygen atoms in total. The number of ether oxygens (including phenoxy) is 1. The van der Waals surface area contributed by atoms with Crippen LogP contribution < -0.4 is 15.1 Å². The van der Waals surface area contributed by atoms with Crippen molar-refractivity contribution in [3.05, 3.63) is 24.0 Å². The van der Waals surface area contributed by atoms with E-state index in [1.807, 2.05) is 4.90 Å². The molecule has 2 saturated heterocycles. The summed E-state index contributed by atoms with van der Waals surface area (Å²) in [6, 6.07) is 4.82. The summed E-state index contributed by atoms with van der Waals surface area (Å²) >= 11 is 0. The number of nitrogens with one attached hydrogen (secondary N) is 1. The molecule has 2 heterocycles. The second-order valence-electron chi connectivity index (χ2n) is 5.88. The second-order valence-corrected chi connectivity index (χ2v) is 5.88. The van der Waals surface area contributed by atoms with Crippen LogP contribution in [0.2, 0.25) is 0 Å². The summed E-state index contributed by atoms with van der Waals surface area (Å²) < 4.78 is 19.5. The Labute approximate surface area is 134 Å². The van der Waals surface area contributed by atoms with Gasteiger partial charge in [0.15, 0.2) is 0 Å². The molecular weight excluding hydrogens is 301 g/mol. The molecule has 0 bridgehead atoms. The Morgan fingerprint density at radius 3 is 2.78 bits per heavy atom. The van der Waals surface area contributed by atoms with Crippen LogP contribution in [0.15, 0.2) is 18.2 Å². The lowest BCUT2D eigenvalue weighted by molar-refractivity contribution is -0.119. The number of hydrogen-bond donors (Lipinski definition) is 1. The fourth-order valence-corrected chi connectivity index (χ4v) is 2.97. The quantitative estimate of drug-likeness (QED) is 0.920. The third-order valence-corrected chi connectivity index (χ3v) is 4.14. The molecule has 1 unspecified atom stereocenters. The number of benzene rings is 1. The lowest BCUT2D eigenvalue weighted by atomic mass is 10.2. The number of rotatable bonds is 4. The van der Waals surface area contributed by atoms with E-state index in [1.165, 1.54) is 17.9 Å². The fraction of sp³-hybridized carbons (Fsp3) is 0.500.